The van der Waals surface area contributed by atoms with Crippen LogP contribution in [0, 0.1) is 40.8 Å². The number of esters is 2. The van der Waals surface area contributed by atoms with Crippen LogP contribution in [-0.2, 0) is 23.8 Å². The minimum Gasteiger partial charge on any atom is -0.466 e. The van der Waals surface area contributed by atoms with Gasteiger partial charge < -0.3 is 14.2 Å². The third-order valence-electron chi connectivity index (χ3n) is 5.51. The van der Waals surface area contributed by atoms with Crippen LogP contribution in [-0.4, -0.2) is 31.8 Å². The van der Waals surface area contributed by atoms with Gasteiger partial charge in [0.25, 0.3) is 5.60 Å². The van der Waals surface area contributed by atoms with Crippen molar-refractivity contribution in [1.82, 2.24) is 0 Å². The van der Waals surface area contributed by atoms with Gasteiger partial charge in [-0.2, -0.15) is 10.5 Å². The van der Waals surface area contributed by atoms with Crippen molar-refractivity contribution in [2.75, 3.05) is 14.2 Å². The van der Waals surface area contributed by atoms with Crippen molar-refractivity contribution < 1.29 is 28.2 Å². The summed E-state index contributed by atoms with van der Waals surface area (Å²) in [4.78, 5) is 26.0. The second kappa shape index (κ2) is 8.17. The molecule has 1 aliphatic heterocycles. The number of carbonyl (C=O) groups excluding carboxylic acids is 2. The third-order valence-corrected chi connectivity index (χ3v) is 5.51. The Bertz CT molecular complexity index is 1050. The molecule has 0 saturated carbocycles. The van der Waals surface area contributed by atoms with Crippen molar-refractivity contribution in [2.45, 2.75) is 24.5 Å². The predicted octanol–water partition coefficient (Wildman–Crippen LogP) is 3.11. The van der Waals surface area contributed by atoms with Gasteiger partial charge in [0.05, 0.1) is 32.3 Å². The van der Waals surface area contributed by atoms with E-state index >= 15 is 0 Å². The normalized spacial score (nSPS) is 20.8. The molecule has 0 aromatic heterocycles. The molecule has 0 amide bonds. The van der Waals surface area contributed by atoms with Gasteiger partial charge in [-0.25, -0.2) is 14.0 Å². The number of nitrogens with zero attached hydrogens (tertiary/aromatic N) is 2. The van der Waals surface area contributed by atoms with Gasteiger partial charge in [-0.1, -0.05) is 42.0 Å². The van der Waals surface area contributed by atoms with Crippen LogP contribution >= 0.6 is 0 Å². The van der Waals surface area contributed by atoms with Crippen LogP contribution in [0.15, 0.2) is 48.5 Å². The molecule has 2 aromatic carbocycles. The predicted molar refractivity (Wildman–Crippen MR) is 105 cm³/mol. The van der Waals surface area contributed by atoms with Crippen LogP contribution < -0.4 is 0 Å². The first-order valence-electron chi connectivity index (χ1n) is 9.30. The van der Waals surface area contributed by atoms with Gasteiger partial charge in [0.2, 0.25) is 0 Å². The van der Waals surface area contributed by atoms with Gasteiger partial charge in [0, 0.05) is 0 Å². The Morgan fingerprint density at radius 3 is 1.87 bits per heavy atom. The molecule has 2 unspecified atom stereocenters. The number of benzene rings is 2. The molecule has 1 saturated heterocycles. The maximum absolute atomic E-state index is 13.6. The van der Waals surface area contributed by atoms with Gasteiger partial charge in [-0.15, -0.1) is 0 Å². The molecular formula is C23H19FN2O5. The Labute approximate surface area is 178 Å². The molecule has 1 fully saturated rings. The highest BCUT2D eigenvalue weighted by Crippen LogP contribution is 2.61. The summed E-state index contributed by atoms with van der Waals surface area (Å²) in [6, 6.07) is 15.5. The molecule has 0 bridgehead atoms. The van der Waals surface area contributed by atoms with E-state index in [1.165, 1.54) is 12.1 Å². The molecule has 1 aliphatic rings. The lowest BCUT2D eigenvalue weighted by molar-refractivity contribution is -0.187. The van der Waals surface area contributed by atoms with Gasteiger partial charge in [-0.3, -0.25) is 0 Å². The summed E-state index contributed by atoms with van der Waals surface area (Å²) in [5.41, 5.74) is -2.98. The summed E-state index contributed by atoms with van der Waals surface area (Å²) in [5, 5.41) is 20.4. The van der Waals surface area contributed by atoms with Crippen LogP contribution in [0.4, 0.5) is 4.39 Å². The van der Waals surface area contributed by atoms with Crippen molar-refractivity contribution in [2.24, 2.45) is 5.41 Å². The molecule has 2 aromatic rings. The zero-order chi connectivity index (χ0) is 22.8. The van der Waals surface area contributed by atoms with E-state index in [2.05, 4.69) is 0 Å². The summed E-state index contributed by atoms with van der Waals surface area (Å²) < 4.78 is 29.3. The molecule has 2 atom stereocenters. The quantitative estimate of drug-likeness (QED) is 0.550. The zero-order valence-corrected chi connectivity index (χ0v) is 17.1. The van der Waals surface area contributed by atoms with E-state index in [0.717, 1.165) is 31.9 Å². The SMILES string of the molecule is COC(=O)C1(C(=O)OC)OC(c2ccc(C)cc2)C(C#N)(C#N)C1c1ccc(F)cc1. The van der Waals surface area contributed by atoms with E-state index in [0.29, 0.717) is 5.56 Å². The van der Waals surface area contributed by atoms with Crippen LogP contribution in [0.3, 0.4) is 0 Å². The number of aryl methyl sites for hydroxylation is 1. The Morgan fingerprint density at radius 1 is 0.935 bits per heavy atom. The van der Waals surface area contributed by atoms with Gasteiger partial charge in [0.1, 0.15) is 11.9 Å². The number of carbonyl (C=O) groups is 2. The van der Waals surface area contributed by atoms with Crippen LogP contribution in [0.25, 0.3) is 0 Å². The number of rotatable bonds is 4. The molecule has 31 heavy (non-hydrogen) atoms. The van der Waals surface area contributed by atoms with E-state index in [1.807, 2.05) is 19.1 Å². The average Bonchev–Trinajstić information content (AvgIpc) is 3.11. The summed E-state index contributed by atoms with van der Waals surface area (Å²) >= 11 is 0. The number of halogens is 1. The van der Waals surface area contributed by atoms with Crippen molar-refractivity contribution in [3.63, 3.8) is 0 Å². The maximum atomic E-state index is 13.6. The van der Waals surface area contributed by atoms with E-state index in [1.54, 1.807) is 24.3 Å². The number of hydrogen-bond donors (Lipinski definition) is 0. The van der Waals surface area contributed by atoms with Crippen molar-refractivity contribution in [3.05, 3.63) is 71.0 Å². The molecule has 7 nitrogen and oxygen atoms in total. The minimum atomic E-state index is -2.46. The molecular weight excluding hydrogens is 403 g/mol. The average molecular weight is 422 g/mol. The summed E-state index contributed by atoms with van der Waals surface area (Å²) in [5.74, 6) is -4.28. The lowest BCUT2D eigenvalue weighted by Crippen LogP contribution is -2.53. The number of ether oxygens (including phenoxy) is 3. The lowest BCUT2D eigenvalue weighted by atomic mass is 9.65. The first kappa shape index (κ1) is 21.9. The van der Waals surface area contributed by atoms with Crippen LogP contribution in [0.5, 0.6) is 0 Å². The highest BCUT2D eigenvalue weighted by atomic mass is 19.1. The summed E-state index contributed by atoms with van der Waals surface area (Å²) in [7, 11) is 2.11. The van der Waals surface area contributed by atoms with E-state index in [9.17, 15) is 24.5 Å². The fourth-order valence-corrected chi connectivity index (χ4v) is 4.03. The smallest absolute Gasteiger partial charge is 0.350 e. The third kappa shape index (κ3) is 3.22. The standard InChI is InChI=1S/C23H19FN2O5/c1-14-4-6-16(7-5-14)19-22(12-25,13-26)18(15-8-10-17(24)11-9-15)23(31-19,20(27)29-2)21(28)30-3/h4-11,18-19H,1-3H3. The number of methoxy groups -OCH3 is 2. The van der Waals surface area contributed by atoms with Gasteiger partial charge in [-0.05, 0) is 30.2 Å². The van der Waals surface area contributed by atoms with Crippen molar-refractivity contribution in [1.29, 1.82) is 10.5 Å². The molecule has 0 N–H and O–H groups in total. The fourth-order valence-electron chi connectivity index (χ4n) is 4.03. The Hall–Kier alpha value is -3.75. The second-order valence-corrected chi connectivity index (χ2v) is 7.20. The Kier molecular flexibility index (Phi) is 5.79. The van der Waals surface area contributed by atoms with Gasteiger partial charge >= 0.3 is 11.9 Å². The largest absolute Gasteiger partial charge is 0.466 e. The zero-order valence-electron chi connectivity index (χ0n) is 17.1. The van der Waals surface area contributed by atoms with E-state index in [-0.39, 0.29) is 5.56 Å². The maximum Gasteiger partial charge on any atom is 0.350 e. The van der Waals surface area contributed by atoms with Crippen LogP contribution in [0.2, 0.25) is 0 Å². The first-order chi connectivity index (χ1) is 14.8. The van der Waals surface area contributed by atoms with Crippen molar-refractivity contribution >= 4 is 11.9 Å². The molecule has 3 rings (SSSR count). The second-order valence-electron chi connectivity index (χ2n) is 7.20. The Morgan fingerprint density at radius 2 is 1.42 bits per heavy atom. The summed E-state index contributed by atoms with van der Waals surface area (Å²) in [6.07, 6.45) is -1.30. The lowest BCUT2D eigenvalue weighted by Gasteiger charge is -2.31. The van der Waals surface area contributed by atoms with Gasteiger partial charge in [0.15, 0.2) is 5.41 Å². The molecule has 158 valence electrons. The molecule has 8 heteroatoms. The van der Waals surface area contributed by atoms with E-state index in [4.69, 9.17) is 14.2 Å². The molecule has 0 aliphatic carbocycles. The fraction of sp³-hybridized carbons (Fsp3) is 0.304. The Balaban J connectivity index is 2.38. The molecule has 0 radical (unpaired) electrons. The molecule has 1 heterocycles. The summed E-state index contributed by atoms with van der Waals surface area (Å²) in [6.45, 7) is 1.86. The van der Waals surface area contributed by atoms with Crippen LogP contribution in [0.1, 0.15) is 28.7 Å². The van der Waals surface area contributed by atoms with E-state index < -0.39 is 40.8 Å². The molecule has 0 spiro atoms. The highest BCUT2D eigenvalue weighted by molar-refractivity contribution is 6.06. The number of hydrogen-bond acceptors (Lipinski definition) is 7. The number of nitriles is 2. The minimum absolute atomic E-state index is 0.176. The first-order valence-corrected chi connectivity index (χ1v) is 9.30. The monoisotopic (exact) mass is 422 g/mol. The topological polar surface area (TPSA) is 109 Å². The van der Waals surface area contributed by atoms with Crippen molar-refractivity contribution in [3.8, 4) is 12.1 Å². The highest BCUT2D eigenvalue weighted by Gasteiger charge is 2.74.